The number of pyridine rings is 2. The summed E-state index contributed by atoms with van der Waals surface area (Å²) in [7, 11) is 0. The summed E-state index contributed by atoms with van der Waals surface area (Å²) in [4.78, 5) is 8.29. The van der Waals surface area contributed by atoms with Crippen LogP contribution in [0.15, 0.2) is 55.5 Å². The predicted octanol–water partition coefficient (Wildman–Crippen LogP) is 5.51. The second-order valence-corrected chi connectivity index (χ2v) is 5.73. The fourth-order valence-corrected chi connectivity index (χ4v) is 2.45. The van der Waals surface area contributed by atoms with E-state index in [9.17, 15) is 4.39 Å². The molecule has 0 bridgehead atoms. The van der Waals surface area contributed by atoms with Crippen molar-refractivity contribution in [1.82, 2.24) is 9.97 Å². The smallest absolute Gasteiger partial charge is 0.132 e. The molecule has 0 atom stereocenters. The third-order valence-electron chi connectivity index (χ3n) is 3.46. The Balaban J connectivity index is 2.09. The quantitative estimate of drug-likeness (QED) is 0.681. The maximum absolute atomic E-state index is 14.1. The van der Waals surface area contributed by atoms with Crippen LogP contribution in [0.3, 0.4) is 0 Å². The lowest BCUT2D eigenvalue weighted by Crippen LogP contribution is -1.98. The molecule has 3 aromatic rings. The fourth-order valence-electron chi connectivity index (χ4n) is 2.28. The summed E-state index contributed by atoms with van der Waals surface area (Å²) >= 11 is 5.98. The summed E-state index contributed by atoms with van der Waals surface area (Å²) in [6.45, 7) is 5.85. The molecule has 2 aromatic heterocycles. The minimum absolute atomic E-state index is 0.345. The van der Waals surface area contributed by atoms with Crippen molar-refractivity contribution in [2.24, 2.45) is 0 Å². The molecule has 0 spiro atoms. The van der Waals surface area contributed by atoms with Crippen LogP contribution in [-0.2, 0) is 0 Å². The fraction of sp³-hybridized carbons (Fsp3) is 0.0526. The average molecular weight is 339 g/mol. The molecule has 0 saturated carbocycles. The van der Waals surface area contributed by atoms with Crippen molar-refractivity contribution in [1.29, 1.82) is 0 Å². The van der Waals surface area contributed by atoms with Crippen LogP contribution < -0.4 is 5.32 Å². The largest absolute Gasteiger partial charge is 0.354 e. The molecule has 0 aliphatic carbocycles. The number of benzene rings is 1. The number of hydrogen-bond acceptors (Lipinski definition) is 3. The van der Waals surface area contributed by atoms with Crippen molar-refractivity contribution in [2.45, 2.75) is 6.92 Å². The van der Waals surface area contributed by atoms with Crippen molar-refractivity contribution in [3.8, 4) is 11.3 Å². The van der Waals surface area contributed by atoms with Crippen LogP contribution in [0.2, 0.25) is 5.02 Å². The van der Waals surface area contributed by atoms with E-state index in [-0.39, 0.29) is 5.82 Å². The van der Waals surface area contributed by atoms with E-state index in [4.69, 9.17) is 11.6 Å². The van der Waals surface area contributed by atoms with Gasteiger partial charge in [-0.05, 0) is 42.8 Å². The Kier molecular flexibility index (Phi) is 4.58. The number of halogens is 2. The van der Waals surface area contributed by atoms with Crippen LogP contribution in [0.1, 0.15) is 12.5 Å². The Morgan fingerprint density at radius 1 is 1.29 bits per heavy atom. The van der Waals surface area contributed by atoms with Gasteiger partial charge in [0.05, 0.1) is 5.69 Å². The van der Waals surface area contributed by atoms with Gasteiger partial charge in [-0.3, -0.25) is 9.97 Å². The Morgan fingerprint density at radius 2 is 2.12 bits per heavy atom. The molecule has 3 rings (SSSR count). The predicted molar refractivity (Wildman–Crippen MR) is 95.7 cm³/mol. The maximum atomic E-state index is 14.1. The van der Waals surface area contributed by atoms with Crippen molar-refractivity contribution in [3.05, 3.63) is 78.0 Å². The van der Waals surface area contributed by atoms with E-state index < -0.39 is 0 Å². The summed E-state index contributed by atoms with van der Waals surface area (Å²) in [5.74, 6) is -0.378. The van der Waals surface area contributed by atoms with Gasteiger partial charge in [0.15, 0.2) is 0 Å². The van der Waals surface area contributed by atoms with Crippen molar-refractivity contribution < 1.29 is 4.39 Å². The summed E-state index contributed by atoms with van der Waals surface area (Å²) in [6, 6.07) is 11.0. The molecule has 0 aliphatic heterocycles. The second kappa shape index (κ2) is 6.81. The van der Waals surface area contributed by atoms with Crippen molar-refractivity contribution in [2.75, 3.05) is 5.32 Å². The van der Waals surface area contributed by atoms with Crippen molar-refractivity contribution >= 4 is 28.5 Å². The van der Waals surface area contributed by atoms with Gasteiger partial charge in [-0.1, -0.05) is 18.2 Å². The van der Waals surface area contributed by atoms with Crippen LogP contribution in [0.4, 0.5) is 15.8 Å². The lowest BCUT2D eigenvalue weighted by Gasteiger charge is -2.14. The Labute approximate surface area is 144 Å². The third kappa shape index (κ3) is 3.44. The molecule has 1 aromatic carbocycles. The highest BCUT2D eigenvalue weighted by atomic mass is 35.5. The van der Waals surface area contributed by atoms with Crippen LogP contribution in [-0.4, -0.2) is 9.97 Å². The molecular weight excluding hydrogens is 325 g/mol. The van der Waals surface area contributed by atoms with Crippen molar-refractivity contribution in [3.63, 3.8) is 0 Å². The standard InChI is InChI=1S/C19H14ClFN3/c1-12(2)16-11-23-18(15-9-13(20)3-4-17(15)21)10-19(16)24-14-5-7-22-8-6-14/h3-5,7-11H,1H2,2H3,(H,22,23,24). The molecule has 0 unspecified atom stereocenters. The number of nitrogens with one attached hydrogen (secondary N) is 1. The van der Waals surface area contributed by atoms with E-state index in [1.807, 2.05) is 6.92 Å². The Hall–Kier alpha value is -2.72. The van der Waals surface area contributed by atoms with E-state index in [2.05, 4.69) is 27.9 Å². The zero-order valence-corrected chi connectivity index (χ0v) is 13.7. The number of nitrogens with zero attached hydrogens (tertiary/aromatic N) is 2. The number of rotatable bonds is 4. The van der Waals surface area contributed by atoms with E-state index in [0.29, 0.717) is 16.3 Å². The molecular formula is C19H14ClFN3. The highest BCUT2D eigenvalue weighted by molar-refractivity contribution is 6.30. The van der Waals surface area contributed by atoms with E-state index >= 15 is 0 Å². The van der Waals surface area contributed by atoms with E-state index in [1.165, 1.54) is 12.1 Å². The molecule has 119 valence electrons. The Bertz CT molecular complexity index is 894. The SMILES string of the molecule is C=C(C)c1cnc(-c2cc(Cl)ccc2F)cc1Nc1[c]cncc1. The Morgan fingerprint density at radius 3 is 2.83 bits per heavy atom. The molecule has 0 amide bonds. The van der Waals surface area contributed by atoms with E-state index in [0.717, 1.165) is 22.5 Å². The first-order valence-electron chi connectivity index (χ1n) is 7.24. The topological polar surface area (TPSA) is 37.8 Å². The van der Waals surface area contributed by atoms with Gasteiger partial charge in [-0.2, -0.15) is 0 Å². The molecule has 1 N–H and O–H groups in total. The monoisotopic (exact) mass is 338 g/mol. The first kappa shape index (κ1) is 16.1. The molecule has 0 saturated heterocycles. The van der Waals surface area contributed by atoms with Crippen LogP contribution in [0, 0.1) is 11.9 Å². The zero-order chi connectivity index (χ0) is 17.1. The summed E-state index contributed by atoms with van der Waals surface area (Å²) in [6.07, 6.45) is 4.90. The average Bonchev–Trinajstić information content (AvgIpc) is 2.57. The molecule has 5 heteroatoms. The van der Waals surface area contributed by atoms with Gasteiger partial charge in [-0.15, -0.1) is 0 Å². The molecule has 1 radical (unpaired) electrons. The summed E-state index contributed by atoms with van der Waals surface area (Å²) in [5.41, 5.74) is 4.02. The van der Waals surface area contributed by atoms with Gasteiger partial charge in [0.2, 0.25) is 0 Å². The highest BCUT2D eigenvalue weighted by Crippen LogP contribution is 2.31. The summed E-state index contributed by atoms with van der Waals surface area (Å²) in [5, 5.41) is 3.70. The molecule has 2 heterocycles. The van der Waals surface area contributed by atoms with E-state index in [1.54, 1.807) is 36.8 Å². The maximum Gasteiger partial charge on any atom is 0.132 e. The number of hydrogen-bond donors (Lipinski definition) is 1. The minimum atomic E-state index is -0.378. The van der Waals surface area contributed by atoms with Crippen LogP contribution in [0.25, 0.3) is 16.8 Å². The minimum Gasteiger partial charge on any atom is -0.354 e. The third-order valence-corrected chi connectivity index (χ3v) is 3.69. The van der Waals surface area contributed by atoms with Crippen LogP contribution in [0.5, 0.6) is 0 Å². The molecule has 0 aliphatic rings. The lowest BCUT2D eigenvalue weighted by molar-refractivity contribution is 0.631. The second-order valence-electron chi connectivity index (χ2n) is 5.30. The number of anilines is 2. The lowest BCUT2D eigenvalue weighted by atomic mass is 10.0. The normalized spacial score (nSPS) is 10.5. The first-order valence-corrected chi connectivity index (χ1v) is 7.62. The van der Waals surface area contributed by atoms with Gasteiger partial charge in [0.25, 0.3) is 0 Å². The van der Waals surface area contributed by atoms with Crippen LogP contribution >= 0.6 is 11.6 Å². The van der Waals surface area contributed by atoms with Gasteiger partial charge in [0, 0.05) is 52.2 Å². The number of aromatic nitrogens is 2. The van der Waals surface area contributed by atoms with Gasteiger partial charge in [-0.25, -0.2) is 4.39 Å². The molecule has 3 nitrogen and oxygen atoms in total. The van der Waals surface area contributed by atoms with Gasteiger partial charge >= 0.3 is 0 Å². The highest BCUT2D eigenvalue weighted by Gasteiger charge is 2.12. The van der Waals surface area contributed by atoms with Gasteiger partial charge < -0.3 is 5.32 Å². The summed E-state index contributed by atoms with van der Waals surface area (Å²) < 4.78 is 14.1. The number of allylic oxidation sites excluding steroid dienone is 1. The molecule has 0 fully saturated rings. The zero-order valence-electron chi connectivity index (χ0n) is 13.0. The molecule has 24 heavy (non-hydrogen) atoms. The first-order chi connectivity index (χ1) is 11.5. The van der Waals surface area contributed by atoms with Gasteiger partial charge in [0.1, 0.15) is 5.82 Å².